The van der Waals surface area contributed by atoms with Crippen molar-refractivity contribution >= 4 is 5.78 Å². The molecule has 5 heteroatoms. The molecular formula is C15H16N2O3. The van der Waals surface area contributed by atoms with Crippen LogP contribution in [0.1, 0.15) is 23.2 Å². The van der Waals surface area contributed by atoms with E-state index in [1.807, 2.05) is 18.2 Å². The minimum Gasteiger partial charge on any atom is -0.480 e. The number of Topliss-reactive ketones (excluding diaryl/α,β-unsaturated/α-hetero) is 1. The van der Waals surface area contributed by atoms with Crippen molar-refractivity contribution in [3.63, 3.8) is 0 Å². The van der Waals surface area contributed by atoms with Gasteiger partial charge in [0.25, 0.3) is 5.56 Å². The molecule has 0 bridgehead atoms. The van der Waals surface area contributed by atoms with E-state index in [4.69, 9.17) is 4.74 Å². The molecule has 0 saturated carbocycles. The molecule has 104 valence electrons. The van der Waals surface area contributed by atoms with Crippen molar-refractivity contribution in [2.24, 2.45) is 0 Å². The van der Waals surface area contributed by atoms with Gasteiger partial charge in [-0.25, -0.2) is 4.68 Å². The number of methoxy groups -OCH3 is 1. The van der Waals surface area contributed by atoms with Crippen LogP contribution in [0.15, 0.2) is 47.3 Å². The highest BCUT2D eigenvalue weighted by molar-refractivity contribution is 5.95. The maximum Gasteiger partial charge on any atom is 0.266 e. The lowest BCUT2D eigenvalue weighted by Crippen LogP contribution is -2.22. The molecule has 0 aliphatic heterocycles. The van der Waals surface area contributed by atoms with Crippen LogP contribution in [0.5, 0.6) is 5.88 Å². The first-order valence-electron chi connectivity index (χ1n) is 6.41. The van der Waals surface area contributed by atoms with Gasteiger partial charge >= 0.3 is 0 Å². The third-order valence-corrected chi connectivity index (χ3v) is 2.92. The van der Waals surface area contributed by atoms with Gasteiger partial charge in [-0.05, 0) is 6.42 Å². The summed E-state index contributed by atoms with van der Waals surface area (Å²) in [7, 11) is 1.50. The summed E-state index contributed by atoms with van der Waals surface area (Å²) in [6.07, 6.45) is 0.948. The zero-order chi connectivity index (χ0) is 14.4. The van der Waals surface area contributed by atoms with E-state index in [0.717, 1.165) is 0 Å². The Bertz CT molecular complexity index is 635. The number of carbonyl (C=O) groups is 1. The van der Waals surface area contributed by atoms with Gasteiger partial charge in [0.1, 0.15) is 0 Å². The van der Waals surface area contributed by atoms with Crippen LogP contribution in [0.2, 0.25) is 0 Å². The van der Waals surface area contributed by atoms with E-state index in [9.17, 15) is 9.59 Å². The number of hydrogen-bond acceptors (Lipinski definition) is 4. The standard InChI is InChI=1S/C15H16N2O3/c1-20-14-9-10-15(19)17(16-14)11-5-8-13(18)12-6-3-2-4-7-12/h2-4,6-7,9-10H,5,8,11H2,1H3. The molecule has 0 N–H and O–H groups in total. The summed E-state index contributed by atoms with van der Waals surface area (Å²) in [6, 6.07) is 12.1. The zero-order valence-corrected chi connectivity index (χ0v) is 11.3. The molecule has 0 saturated heterocycles. The fourth-order valence-electron chi connectivity index (χ4n) is 1.86. The summed E-state index contributed by atoms with van der Waals surface area (Å²) in [6.45, 7) is 0.397. The second-order valence-electron chi connectivity index (χ2n) is 4.33. The Kier molecular flexibility index (Phi) is 4.65. The largest absolute Gasteiger partial charge is 0.480 e. The first-order chi connectivity index (χ1) is 9.70. The summed E-state index contributed by atoms with van der Waals surface area (Å²) in [4.78, 5) is 23.5. The number of aryl methyl sites for hydroxylation is 1. The average molecular weight is 272 g/mol. The van der Waals surface area contributed by atoms with Crippen molar-refractivity contribution in [1.29, 1.82) is 0 Å². The summed E-state index contributed by atoms with van der Waals surface area (Å²) in [5.41, 5.74) is 0.497. The maximum atomic E-state index is 11.9. The molecule has 0 amide bonds. The van der Waals surface area contributed by atoms with Gasteiger partial charge in [0, 0.05) is 30.7 Å². The van der Waals surface area contributed by atoms with Crippen molar-refractivity contribution in [1.82, 2.24) is 9.78 Å². The first kappa shape index (κ1) is 14.0. The van der Waals surface area contributed by atoms with Crippen molar-refractivity contribution in [2.75, 3.05) is 7.11 Å². The zero-order valence-electron chi connectivity index (χ0n) is 11.3. The number of ketones is 1. The predicted molar refractivity (Wildman–Crippen MR) is 75.1 cm³/mol. The monoisotopic (exact) mass is 272 g/mol. The highest BCUT2D eigenvalue weighted by atomic mass is 16.5. The van der Waals surface area contributed by atoms with Gasteiger partial charge in [0.2, 0.25) is 5.88 Å². The quantitative estimate of drug-likeness (QED) is 0.754. The Balaban J connectivity index is 1.93. The Labute approximate surface area is 116 Å². The van der Waals surface area contributed by atoms with Crippen LogP contribution in [-0.4, -0.2) is 22.7 Å². The lowest BCUT2D eigenvalue weighted by molar-refractivity contribution is 0.0978. The number of nitrogens with zero attached hydrogens (tertiary/aromatic N) is 2. The molecular weight excluding hydrogens is 256 g/mol. The topological polar surface area (TPSA) is 61.2 Å². The van der Waals surface area contributed by atoms with Gasteiger partial charge in [-0.15, -0.1) is 5.10 Å². The van der Waals surface area contributed by atoms with Crippen LogP contribution < -0.4 is 10.3 Å². The van der Waals surface area contributed by atoms with E-state index in [0.29, 0.717) is 30.8 Å². The number of benzene rings is 1. The Hall–Kier alpha value is -2.43. The Morgan fingerprint density at radius 2 is 1.95 bits per heavy atom. The highest BCUT2D eigenvalue weighted by Gasteiger charge is 2.06. The van der Waals surface area contributed by atoms with Gasteiger partial charge in [-0.1, -0.05) is 30.3 Å². The minimum absolute atomic E-state index is 0.0709. The molecule has 0 spiro atoms. The van der Waals surface area contributed by atoms with Crippen molar-refractivity contribution in [3.8, 4) is 5.88 Å². The second-order valence-corrected chi connectivity index (χ2v) is 4.33. The lowest BCUT2D eigenvalue weighted by Gasteiger charge is -2.05. The van der Waals surface area contributed by atoms with Crippen molar-refractivity contribution in [3.05, 3.63) is 58.4 Å². The van der Waals surface area contributed by atoms with E-state index in [-0.39, 0.29) is 11.3 Å². The molecule has 1 heterocycles. The molecule has 5 nitrogen and oxygen atoms in total. The molecule has 0 atom stereocenters. The van der Waals surface area contributed by atoms with Crippen LogP contribution in [0.3, 0.4) is 0 Å². The molecule has 0 radical (unpaired) electrons. The molecule has 0 aliphatic carbocycles. The minimum atomic E-state index is -0.196. The SMILES string of the molecule is COc1ccc(=O)n(CCCC(=O)c2ccccc2)n1. The number of carbonyl (C=O) groups excluding carboxylic acids is 1. The molecule has 1 aromatic carbocycles. The normalized spacial score (nSPS) is 10.2. The molecule has 0 unspecified atom stereocenters. The van der Waals surface area contributed by atoms with E-state index in [1.54, 1.807) is 12.1 Å². The summed E-state index contributed by atoms with van der Waals surface area (Å²) in [5.74, 6) is 0.459. The smallest absolute Gasteiger partial charge is 0.266 e. The number of ether oxygens (including phenoxy) is 1. The lowest BCUT2D eigenvalue weighted by atomic mass is 10.1. The second kappa shape index (κ2) is 6.65. The van der Waals surface area contributed by atoms with Crippen LogP contribution in [0, 0.1) is 0 Å². The third-order valence-electron chi connectivity index (χ3n) is 2.92. The summed E-state index contributed by atoms with van der Waals surface area (Å²) < 4.78 is 6.29. The predicted octanol–water partition coefficient (Wildman–Crippen LogP) is 1.91. The third kappa shape index (κ3) is 3.54. The van der Waals surface area contributed by atoms with Gasteiger partial charge in [0.15, 0.2) is 5.78 Å². The average Bonchev–Trinajstić information content (AvgIpc) is 2.50. The van der Waals surface area contributed by atoms with Crippen molar-refractivity contribution in [2.45, 2.75) is 19.4 Å². The van der Waals surface area contributed by atoms with E-state index in [2.05, 4.69) is 5.10 Å². The van der Waals surface area contributed by atoms with Crippen LogP contribution >= 0.6 is 0 Å². The van der Waals surface area contributed by atoms with Crippen molar-refractivity contribution < 1.29 is 9.53 Å². The van der Waals surface area contributed by atoms with E-state index < -0.39 is 0 Å². The number of aromatic nitrogens is 2. The van der Waals surface area contributed by atoms with Crippen LogP contribution in [-0.2, 0) is 6.54 Å². The summed E-state index contributed by atoms with van der Waals surface area (Å²) >= 11 is 0. The van der Waals surface area contributed by atoms with Gasteiger partial charge < -0.3 is 4.74 Å². The Morgan fingerprint density at radius 3 is 2.65 bits per heavy atom. The highest BCUT2D eigenvalue weighted by Crippen LogP contribution is 2.06. The van der Waals surface area contributed by atoms with E-state index >= 15 is 0 Å². The molecule has 2 rings (SSSR count). The molecule has 1 aromatic heterocycles. The Morgan fingerprint density at radius 1 is 1.20 bits per heavy atom. The summed E-state index contributed by atoms with van der Waals surface area (Å²) in [5, 5.41) is 4.03. The number of rotatable bonds is 6. The van der Waals surface area contributed by atoms with E-state index in [1.165, 1.54) is 23.9 Å². The number of hydrogen-bond donors (Lipinski definition) is 0. The van der Waals surface area contributed by atoms with Gasteiger partial charge in [-0.3, -0.25) is 9.59 Å². The maximum absolute atomic E-state index is 11.9. The fourth-order valence-corrected chi connectivity index (χ4v) is 1.86. The molecule has 20 heavy (non-hydrogen) atoms. The van der Waals surface area contributed by atoms with Crippen LogP contribution in [0.25, 0.3) is 0 Å². The molecule has 2 aromatic rings. The molecule has 0 aliphatic rings. The van der Waals surface area contributed by atoms with Gasteiger partial charge in [0.05, 0.1) is 7.11 Å². The van der Waals surface area contributed by atoms with Gasteiger partial charge in [-0.2, -0.15) is 0 Å². The first-order valence-corrected chi connectivity index (χ1v) is 6.41. The molecule has 0 fully saturated rings. The van der Waals surface area contributed by atoms with Crippen LogP contribution in [0.4, 0.5) is 0 Å². The fraction of sp³-hybridized carbons (Fsp3) is 0.267.